The number of para-hydroxylation sites is 1. The summed E-state index contributed by atoms with van der Waals surface area (Å²) >= 11 is 1.10. The molecule has 3 heterocycles. The lowest BCUT2D eigenvalue weighted by atomic mass is 10.2. The highest BCUT2D eigenvalue weighted by Crippen LogP contribution is 2.28. The van der Waals surface area contributed by atoms with Gasteiger partial charge in [-0.15, -0.1) is 11.3 Å². The van der Waals surface area contributed by atoms with E-state index < -0.39 is 30.7 Å². The quantitative estimate of drug-likeness (QED) is 0.590. The summed E-state index contributed by atoms with van der Waals surface area (Å²) < 4.78 is 37.9. The van der Waals surface area contributed by atoms with Crippen LogP contribution in [0, 0.1) is 6.92 Å². The highest BCUT2D eigenvalue weighted by atomic mass is 32.1. The van der Waals surface area contributed by atoms with E-state index in [0.717, 1.165) is 27.9 Å². The third-order valence-electron chi connectivity index (χ3n) is 5.60. The third kappa shape index (κ3) is 5.06. The Morgan fingerprint density at radius 3 is 2.44 bits per heavy atom. The first-order chi connectivity index (χ1) is 16.1. The van der Waals surface area contributed by atoms with Gasteiger partial charge in [-0.25, -0.2) is 4.98 Å². The van der Waals surface area contributed by atoms with Crippen LogP contribution in [-0.2, 0) is 11.3 Å². The van der Waals surface area contributed by atoms with Gasteiger partial charge in [0.1, 0.15) is 17.9 Å². The number of benzene rings is 1. The molecule has 1 aromatic carbocycles. The minimum atomic E-state index is -4.55. The van der Waals surface area contributed by atoms with Crippen LogP contribution in [0.2, 0.25) is 0 Å². The number of nitrogens with one attached hydrogen (secondary N) is 1. The van der Waals surface area contributed by atoms with E-state index in [1.165, 1.54) is 0 Å². The minimum Gasteiger partial charge on any atom is -0.368 e. The van der Waals surface area contributed by atoms with Gasteiger partial charge in [0.2, 0.25) is 5.91 Å². The number of amides is 2. The van der Waals surface area contributed by atoms with Gasteiger partial charge in [-0.1, -0.05) is 18.2 Å². The lowest BCUT2D eigenvalue weighted by Crippen LogP contribution is -2.48. The molecule has 8 nitrogen and oxygen atoms in total. The second-order valence-electron chi connectivity index (χ2n) is 7.92. The number of nitrogens with zero attached hydrogens (tertiary/aromatic N) is 4. The summed E-state index contributed by atoms with van der Waals surface area (Å²) in [6, 6.07) is 9.92. The molecule has 0 saturated carbocycles. The highest BCUT2D eigenvalue weighted by molar-refractivity contribution is 7.20. The number of hydrogen-bond acceptors (Lipinski definition) is 6. The number of thiophene rings is 1. The molecule has 4 rings (SSSR count). The van der Waals surface area contributed by atoms with Crippen molar-refractivity contribution in [3.8, 4) is 0 Å². The lowest BCUT2D eigenvalue weighted by Gasteiger charge is -2.36. The number of halogens is 3. The highest BCUT2D eigenvalue weighted by Gasteiger charge is 2.29. The van der Waals surface area contributed by atoms with E-state index in [0.29, 0.717) is 41.5 Å². The van der Waals surface area contributed by atoms with Gasteiger partial charge in [0.15, 0.2) is 0 Å². The van der Waals surface area contributed by atoms with Crippen molar-refractivity contribution >= 4 is 39.1 Å². The maximum Gasteiger partial charge on any atom is 0.405 e. The van der Waals surface area contributed by atoms with Crippen molar-refractivity contribution in [2.75, 3.05) is 37.6 Å². The molecule has 0 atom stereocenters. The largest absolute Gasteiger partial charge is 0.405 e. The van der Waals surface area contributed by atoms with Gasteiger partial charge in [-0.2, -0.15) is 13.2 Å². The molecule has 1 fully saturated rings. The maximum absolute atomic E-state index is 13.2. The Bertz CT molecular complexity index is 1260. The maximum atomic E-state index is 13.2. The molecule has 0 bridgehead atoms. The Labute approximate surface area is 196 Å². The summed E-state index contributed by atoms with van der Waals surface area (Å²) in [6.07, 6.45) is -3.44. The first kappa shape index (κ1) is 23.7. The van der Waals surface area contributed by atoms with E-state index in [-0.39, 0.29) is 11.3 Å². The zero-order valence-electron chi connectivity index (χ0n) is 18.3. The Morgan fingerprint density at radius 1 is 1.12 bits per heavy atom. The van der Waals surface area contributed by atoms with E-state index in [2.05, 4.69) is 9.88 Å². The fourth-order valence-corrected chi connectivity index (χ4v) is 4.94. The van der Waals surface area contributed by atoms with E-state index >= 15 is 0 Å². The van der Waals surface area contributed by atoms with Gasteiger partial charge in [0.05, 0.1) is 16.6 Å². The fourth-order valence-electron chi connectivity index (χ4n) is 3.84. The number of piperazine rings is 1. The average molecular weight is 494 g/mol. The van der Waals surface area contributed by atoms with Crippen LogP contribution in [0.15, 0.2) is 41.5 Å². The number of carbonyl (C=O) groups excluding carboxylic acids is 2. The van der Waals surface area contributed by atoms with E-state index in [1.807, 2.05) is 30.3 Å². The molecule has 12 heteroatoms. The molecule has 1 aliphatic heterocycles. The van der Waals surface area contributed by atoms with Crippen LogP contribution in [-0.4, -0.2) is 65.2 Å². The smallest absolute Gasteiger partial charge is 0.368 e. The molecule has 2 aromatic heterocycles. The molecule has 180 valence electrons. The van der Waals surface area contributed by atoms with Crippen molar-refractivity contribution in [3.63, 3.8) is 0 Å². The first-order valence-electron chi connectivity index (χ1n) is 10.6. The van der Waals surface area contributed by atoms with E-state index in [9.17, 15) is 27.6 Å². The Hall–Kier alpha value is -3.41. The van der Waals surface area contributed by atoms with Gasteiger partial charge in [-0.3, -0.25) is 19.0 Å². The second kappa shape index (κ2) is 9.45. The normalized spacial score (nSPS) is 14.5. The number of alkyl halides is 3. The monoisotopic (exact) mass is 493 g/mol. The van der Waals surface area contributed by atoms with Gasteiger partial charge in [0.25, 0.3) is 11.5 Å². The van der Waals surface area contributed by atoms with Crippen LogP contribution in [0.25, 0.3) is 10.2 Å². The topological polar surface area (TPSA) is 87.5 Å². The van der Waals surface area contributed by atoms with Crippen LogP contribution in [0.4, 0.5) is 18.9 Å². The summed E-state index contributed by atoms with van der Waals surface area (Å²) in [5.41, 5.74) is 0.976. The summed E-state index contributed by atoms with van der Waals surface area (Å²) in [5, 5.41) is 1.93. The van der Waals surface area contributed by atoms with Crippen molar-refractivity contribution in [2.24, 2.45) is 0 Å². The van der Waals surface area contributed by atoms with Crippen LogP contribution >= 0.6 is 11.3 Å². The number of aromatic nitrogens is 2. The van der Waals surface area contributed by atoms with Gasteiger partial charge >= 0.3 is 6.18 Å². The predicted octanol–water partition coefficient (Wildman–Crippen LogP) is 2.41. The SMILES string of the molecule is Cc1c(C(=O)N2CCN(c3ccccc3)CC2)sc2ncn(CC(=O)NCC(F)(F)F)c(=O)c12. The van der Waals surface area contributed by atoms with E-state index in [4.69, 9.17) is 0 Å². The molecule has 0 aliphatic carbocycles. The number of hydrogen-bond donors (Lipinski definition) is 1. The first-order valence-corrected chi connectivity index (χ1v) is 11.4. The summed E-state index contributed by atoms with van der Waals surface area (Å²) in [7, 11) is 0. The molecule has 34 heavy (non-hydrogen) atoms. The van der Waals surface area contributed by atoms with Crippen LogP contribution in [0.3, 0.4) is 0 Å². The standard InChI is InChI=1S/C22H22F3N5O3S/c1-14-17-19(27-13-30(20(17)32)11-16(31)26-12-22(23,24)25)34-18(14)21(33)29-9-7-28(8-10-29)15-5-3-2-4-6-15/h2-6,13H,7-12H2,1H3,(H,26,31). The van der Waals surface area contributed by atoms with Crippen molar-refractivity contribution in [1.29, 1.82) is 0 Å². The molecule has 0 radical (unpaired) electrons. The Morgan fingerprint density at radius 2 is 1.79 bits per heavy atom. The molecular weight excluding hydrogens is 471 g/mol. The molecule has 1 aliphatic rings. The van der Waals surface area contributed by atoms with Crippen LogP contribution in [0.5, 0.6) is 0 Å². The Balaban J connectivity index is 1.49. The Kier molecular flexibility index (Phi) is 6.60. The van der Waals surface area contributed by atoms with Gasteiger partial charge < -0.3 is 15.1 Å². The molecule has 2 amide bonds. The number of aryl methyl sites for hydroxylation is 1. The number of carbonyl (C=O) groups is 2. The van der Waals surface area contributed by atoms with Crippen LogP contribution < -0.4 is 15.8 Å². The van der Waals surface area contributed by atoms with Crippen molar-refractivity contribution in [3.05, 3.63) is 57.5 Å². The third-order valence-corrected chi connectivity index (χ3v) is 6.79. The zero-order chi connectivity index (χ0) is 24.5. The second-order valence-corrected chi connectivity index (χ2v) is 8.92. The van der Waals surface area contributed by atoms with Gasteiger partial charge in [0, 0.05) is 31.9 Å². The minimum absolute atomic E-state index is 0.193. The van der Waals surface area contributed by atoms with Gasteiger partial charge in [-0.05, 0) is 24.6 Å². The molecule has 0 spiro atoms. The number of rotatable bonds is 5. The van der Waals surface area contributed by atoms with Crippen molar-refractivity contribution < 1.29 is 22.8 Å². The van der Waals surface area contributed by atoms with E-state index in [1.54, 1.807) is 17.1 Å². The fraction of sp³-hybridized carbons (Fsp3) is 0.364. The summed E-state index contributed by atoms with van der Waals surface area (Å²) in [6.45, 7) is 1.97. The molecule has 1 saturated heterocycles. The number of anilines is 1. The number of fused-ring (bicyclic) bond motifs is 1. The molecule has 1 N–H and O–H groups in total. The van der Waals surface area contributed by atoms with Crippen molar-refractivity contribution in [1.82, 2.24) is 19.8 Å². The molecule has 3 aromatic rings. The lowest BCUT2D eigenvalue weighted by molar-refractivity contribution is -0.138. The summed E-state index contributed by atoms with van der Waals surface area (Å²) in [4.78, 5) is 46.8. The molecular formula is C22H22F3N5O3S. The predicted molar refractivity (Wildman–Crippen MR) is 122 cm³/mol. The van der Waals surface area contributed by atoms with Crippen LogP contribution in [0.1, 0.15) is 15.2 Å². The average Bonchev–Trinajstić information content (AvgIpc) is 3.16. The zero-order valence-corrected chi connectivity index (χ0v) is 19.1. The van der Waals surface area contributed by atoms with Crippen molar-refractivity contribution in [2.45, 2.75) is 19.6 Å². The molecule has 0 unspecified atom stereocenters. The summed E-state index contributed by atoms with van der Waals surface area (Å²) in [5.74, 6) is -1.15.